The Kier molecular flexibility index (Phi) is 11.5. The zero-order valence-electron chi connectivity index (χ0n) is 12.0. The lowest BCUT2D eigenvalue weighted by Crippen LogP contribution is -2.40. The maximum absolute atomic E-state index is 11.3. The summed E-state index contributed by atoms with van der Waals surface area (Å²) in [6.07, 6.45) is 0.249. The van der Waals surface area contributed by atoms with E-state index < -0.39 is 12.1 Å². The summed E-state index contributed by atoms with van der Waals surface area (Å²) in [6.45, 7) is 4.24. The second-order valence-electron chi connectivity index (χ2n) is 3.65. The highest BCUT2D eigenvalue weighted by atomic mass is 33.1. The van der Waals surface area contributed by atoms with Crippen LogP contribution < -0.4 is 21.3 Å². The second kappa shape index (κ2) is 12.3. The molecule has 0 heterocycles. The molecule has 0 saturated heterocycles. The highest BCUT2D eigenvalue weighted by Gasteiger charge is 2.07. The van der Waals surface area contributed by atoms with Crippen LogP contribution in [0, 0.1) is 0 Å². The van der Waals surface area contributed by atoms with E-state index in [1.165, 1.54) is 21.6 Å². The van der Waals surface area contributed by atoms with Crippen LogP contribution in [0.1, 0.15) is 20.3 Å². The van der Waals surface area contributed by atoms with Crippen LogP contribution in [0.5, 0.6) is 0 Å². The van der Waals surface area contributed by atoms with Crippen LogP contribution in [0.15, 0.2) is 0 Å². The molecule has 21 heavy (non-hydrogen) atoms. The summed E-state index contributed by atoms with van der Waals surface area (Å²) < 4.78 is 0. The fraction of sp³-hybridized carbons (Fsp3) is 0.636. The van der Waals surface area contributed by atoms with Gasteiger partial charge in [-0.05, 0) is 6.92 Å². The van der Waals surface area contributed by atoms with E-state index in [0.29, 0.717) is 18.8 Å². The minimum absolute atomic E-state index is 0.141. The van der Waals surface area contributed by atoms with Gasteiger partial charge in [0, 0.05) is 25.3 Å². The zero-order valence-corrected chi connectivity index (χ0v) is 13.6. The van der Waals surface area contributed by atoms with E-state index in [-0.39, 0.29) is 24.0 Å². The Bertz CT molecular complexity index is 379. The van der Waals surface area contributed by atoms with E-state index in [1.54, 1.807) is 13.8 Å². The fourth-order valence-corrected chi connectivity index (χ4v) is 2.73. The minimum Gasteiger partial charge on any atom is -0.338 e. The SMILES string of the molecule is CCNC(=O)NC(=O)CSSCCNC(=O)NC(=O)CC. The van der Waals surface area contributed by atoms with Gasteiger partial charge >= 0.3 is 12.1 Å². The molecular weight excluding hydrogens is 316 g/mol. The molecule has 8 nitrogen and oxygen atoms in total. The summed E-state index contributed by atoms with van der Waals surface area (Å²) in [5.74, 6) is 0.00376. The van der Waals surface area contributed by atoms with Gasteiger partial charge in [-0.1, -0.05) is 28.5 Å². The largest absolute Gasteiger partial charge is 0.338 e. The van der Waals surface area contributed by atoms with E-state index >= 15 is 0 Å². The average molecular weight is 336 g/mol. The second-order valence-corrected chi connectivity index (χ2v) is 6.23. The smallest absolute Gasteiger partial charge is 0.321 e. The number of nitrogens with one attached hydrogen (secondary N) is 4. The van der Waals surface area contributed by atoms with E-state index in [4.69, 9.17) is 0 Å². The number of amides is 6. The molecule has 0 aromatic carbocycles. The summed E-state index contributed by atoms with van der Waals surface area (Å²) >= 11 is 0. The van der Waals surface area contributed by atoms with Gasteiger partial charge in [-0.2, -0.15) is 0 Å². The van der Waals surface area contributed by atoms with E-state index in [1.807, 2.05) is 0 Å². The summed E-state index contributed by atoms with van der Waals surface area (Å²) in [6, 6.07) is -1.03. The molecule has 4 N–H and O–H groups in total. The molecule has 0 aromatic rings. The molecule has 0 atom stereocenters. The van der Waals surface area contributed by atoms with Gasteiger partial charge in [0.05, 0.1) is 5.75 Å². The van der Waals surface area contributed by atoms with Crippen LogP contribution in [0.4, 0.5) is 9.59 Å². The lowest BCUT2D eigenvalue weighted by atomic mass is 10.5. The predicted molar refractivity (Wildman–Crippen MR) is 84.0 cm³/mol. The van der Waals surface area contributed by atoms with Crippen molar-refractivity contribution in [2.45, 2.75) is 20.3 Å². The van der Waals surface area contributed by atoms with Crippen LogP contribution in [0.3, 0.4) is 0 Å². The van der Waals surface area contributed by atoms with Gasteiger partial charge < -0.3 is 10.6 Å². The number of imide groups is 2. The molecule has 0 spiro atoms. The Hall–Kier alpha value is -1.42. The average Bonchev–Trinajstić information content (AvgIpc) is 2.42. The van der Waals surface area contributed by atoms with Gasteiger partial charge in [-0.25, -0.2) is 9.59 Å². The first kappa shape index (κ1) is 19.6. The molecule has 0 unspecified atom stereocenters. The summed E-state index contributed by atoms with van der Waals surface area (Å²) in [5, 5.41) is 9.30. The Morgan fingerprint density at radius 1 is 0.857 bits per heavy atom. The first-order chi connectivity index (χ1) is 9.99. The Labute approximate surface area is 131 Å². The summed E-state index contributed by atoms with van der Waals surface area (Å²) in [7, 11) is 2.66. The number of carbonyl (C=O) groups is 4. The minimum atomic E-state index is -0.526. The first-order valence-electron chi connectivity index (χ1n) is 6.39. The van der Waals surface area contributed by atoms with Gasteiger partial charge in [0.2, 0.25) is 11.8 Å². The van der Waals surface area contributed by atoms with Crippen molar-refractivity contribution in [1.29, 1.82) is 0 Å². The maximum Gasteiger partial charge on any atom is 0.321 e. The third kappa shape index (κ3) is 12.1. The molecule has 0 aromatic heterocycles. The lowest BCUT2D eigenvalue weighted by Gasteiger charge is -2.06. The molecule has 0 fully saturated rings. The normalized spacial score (nSPS) is 9.62. The Morgan fingerprint density at radius 2 is 1.48 bits per heavy atom. The van der Waals surface area contributed by atoms with E-state index in [9.17, 15) is 19.2 Å². The number of rotatable bonds is 8. The molecule has 10 heteroatoms. The van der Waals surface area contributed by atoms with Gasteiger partial charge in [-0.15, -0.1) is 0 Å². The van der Waals surface area contributed by atoms with Crippen molar-refractivity contribution >= 4 is 45.5 Å². The number of carbonyl (C=O) groups excluding carboxylic acids is 4. The molecule has 0 saturated carbocycles. The predicted octanol–water partition coefficient (Wildman–Crippen LogP) is 0.449. The third-order valence-corrected chi connectivity index (χ3v) is 4.18. The molecule has 6 amide bonds. The Balaban J connectivity index is 3.51. The highest BCUT2D eigenvalue weighted by molar-refractivity contribution is 8.76. The molecule has 0 radical (unpaired) electrons. The quantitative estimate of drug-likeness (QED) is 0.378. The van der Waals surface area contributed by atoms with Crippen molar-refractivity contribution < 1.29 is 19.2 Å². The van der Waals surface area contributed by atoms with Crippen LogP contribution in [-0.4, -0.2) is 48.5 Å². The molecular formula is C11H20N4O4S2. The molecule has 0 aliphatic carbocycles. The highest BCUT2D eigenvalue weighted by Crippen LogP contribution is 2.19. The maximum atomic E-state index is 11.3. The summed E-state index contributed by atoms with van der Waals surface area (Å²) in [4.78, 5) is 44.4. The lowest BCUT2D eigenvalue weighted by molar-refractivity contribution is -0.120. The monoisotopic (exact) mass is 336 g/mol. The van der Waals surface area contributed by atoms with Crippen molar-refractivity contribution in [1.82, 2.24) is 21.3 Å². The van der Waals surface area contributed by atoms with Gasteiger partial charge in [0.25, 0.3) is 0 Å². The van der Waals surface area contributed by atoms with Crippen molar-refractivity contribution in [3.63, 3.8) is 0 Å². The number of hydrogen-bond donors (Lipinski definition) is 4. The van der Waals surface area contributed by atoms with Crippen LogP contribution >= 0.6 is 21.6 Å². The van der Waals surface area contributed by atoms with Gasteiger partial charge in [0.1, 0.15) is 0 Å². The van der Waals surface area contributed by atoms with E-state index in [0.717, 1.165) is 0 Å². The standard InChI is InChI=1S/C11H20N4O4S2/c1-3-8(16)14-11(19)13-5-6-20-21-7-9(17)15-10(18)12-4-2/h3-7H2,1-2H3,(H2,12,15,17,18)(H2,13,14,16,19). The number of urea groups is 2. The van der Waals surface area contributed by atoms with Crippen molar-refractivity contribution in [3.05, 3.63) is 0 Å². The summed E-state index contributed by atoms with van der Waals surface area (Å²) in [5.41, 5.74) is 0. The van der Waals surface area contributed by atoms with Crippen LogP contribution in [0.2, 0.25) is 0 Å². The fourth-order valence-electron chi connectivity index (χ4n) is 0.987. The molecule has 120 valence electrons. The van der Waals surface area contributed by atoms with Crippen LogP contribution in [0.25, 0.3) is 0 Å². The third-order valence-electron chi connectivity index (χ3n) is 1.91. The van der Waals surface area contributed by atoms with Gasteiger partial charge in [0.15, 0.2) is 0 Å². The Morgan fingerprint density at radius 3 is 2.10 bits per heavy atom. The van der Waals surface area contributed by atoms with Crippen molar-refractivity contribution in [2.75, 3.05) is 24.6 Å². The molecule has 0 bridgehead atoms. The van der Waals surface area contributed by atoms with Gasteiger partial charge in [-0.3, -0.25) is 20.2 Å². The zero-order chi connectivity index (χ0) is 16.1. The van der Waals surface area contributed by atoms with Crippen molar-refractivity contribution in [3.8, 4) is 0 Å². The van der Waals surface area contributed by atoms with Crippen molar-refractivity contribution in [2.24, 2.45) is 0 Å². The van der Waals surface area contributed by atoms with Crippen LogP contribution in [-0.2, 0) is 9.59 Å². The first-order valence-corrected chi connectivity index (χ1v) is 8.88. The molecule has 0 aliphatic heterocycles. The number of hydrogen-bond acceptors (Lipinski definition) is 6. The topological polar surface area (TPSA) is 116 Å². The van der Waals surface area contributed by atoms with E-state index in [2.05, 4.69) is 21.3 Å². The molecule has 0 rings (SSSR count). The molecule has 0 aliphatic rings.